The molecule has 0 fully saturated rings. The van der Waals surface area contributed by atoms with Crippen molar-refractivity contribution in [3.63, 3.8) is 0 Å². The van der Waals surface area contributed by atoms with Crippen molar-refractivity contribution in [1.29, 1.82) is 0 Å². The van der Waals surface area contributed by atoms with Gasteiger partial charge in [0.2, 0.25) is 0 Å². The van der Waals surface area contributed by atoms with Gasteiger partial charge in [-0.1, -0.05) is 77.4 Å². The fourth-order valence-corrected chi connectivity index (χ4v) is 2.60. The fourth-order valence-electron chi connectivity index (χ4n) is 2.60. The van der Waals surface area contributed by atoms with Crippen LogP contribution in [0.15, 0.2) is 12.2 Å². The van der Waals surface area contributed by atoms with E-state index in [4.69, 9.17) is 5.11 Å². The molecule has 0 aromatic carbocycles. The predicted octanol–water partition coefficient (Wildman–Crippen LogP) is 6.35. The van der Waals surface area contributed by atoms with Gasteiger partial charge in [0.05, 0.1) is 0 Å². The quantitative estimate of drug-likeness (QED) is 0.282. The SMILES string of the molecule is CCCCCCC(C)CCCCCC=CCCCC(=O)O. The molecule has 0 aliphatic heterocycles. The molecule has 0 heterocycles. The predicted molar refractivity (Wildman–Crippen MR) is 91.6 cm³/mol. The summed E-state index contributed by atoms with van der Waals surface area (Å²) in [4.78, 5) is 10.3. The van der Waals surface area contributed by atoms with Crippen molar-refractivity contribution in [2.75, 3.05) is 0 Å². The highest BCUT2D eigenvalue weighted by atomic mass is 16.4. The summed E-state index contributed by atoms with van der Waals surface area (Å²) in [5.41, 5.74) is 0. The summed E-state index contributed by atoms with van der Waals surface area (Å²) >= 11 is 0. The number of hydrogen-bond donors (Lipinski definition) is 1. The summed E-state index contributed by atoms with van der Waals surface area (Å²) in [5.74, 6) is 0.209. The Morgan fingerprint density at radius 2 is 1.48 bits per heavy atom. The van der Waals surface area contributed by atoms with Gasteiger partial charge in [-0.15, -0.1) is 0 Å². The van der Waals surface area contributed by atoms with E-state index in [1.807, 2.05) is 0 Å². The molecule has 0 saturated carbocycles. The van der Waals surface area contributed by atoms with Crippen LogP contribution in [0.3, 0.4) is 0 Å². The van der Waals surface area contributed by atoms with Crippen molar-refractivity contribution >= 4 is 5.97 Å². The van der Waals surface area contributed by atoms with Crippen molar-refractivity contribution in [3.05, 3.63) is 12.2 Å². The maximum atomic E-state index is 10.3. The average Bonchev–Trinajstić information content (AvgIpc) is 2.45. The number of hydrogen-bond acceptors (Lipinski definition) is 1. The molecule has 0 spiro atoms. The van der Waals surface area contributed by atoms with Crippen LogP contribution in [0.4, 0.5) is 0 Å². The van der Waals surface area contributed by atoms with Gasteiger partial charge in [-0.05, 0) is 31.6 Å². The molecule has 0 rings (SSSR count). The van der Waals surface area contributed by atoms with Crippen LogP contribution in [0.2, 0.25) is 0 Å². The monoisotopic (exact) mass is 296 g/mol. The van der Waals surface area contributed by atoms with Gasteiger partial charge in [-0.25, -0.2) is 0 Å². The fraction of sp³-hybridized carbons (Fsp3) is 0.842. The molecular formula is C19H36O2. The molecule has 0 saturated heterocycles. The van der Waals surface area contributed by atoms with Gasteiger partial charge < -0.3 is 5.11 Å². The molecule has 0 amide bonds. The number of carboxylic acid groups (broad SMARTS) is 1. The normalized spacial score (nSPS) is 12.9. The Hall–Kier alpha value is -0.790. The molecular weight excluding hydrogens is 260 g/mol. The third-order valence-corrected chi connectivity index (χ3v) is 4.05. The van der Waals surface area contributed by atoms with Gasteiger partial charge in [0.15, 0.2) is 0 Å². The minimum Gasteiger partial charge on any atom is -0.481 e. The molecule has 124 valence electrons. The van der Waals surface area contributed by atoms with Crippen LogP contribution >= 0.6 is 0 Å². The summed E-state index contributed by atoms with van der Waals surface area (Å²) in [6, 6.07) is 0. The Bertz CT molecular complexity index is 258. The smallest absolute Gasteiger partial charge is 0.303 e. The Morgan fingerprint density at radius 3 is 2.05 bits per heavy atom. The zero-order valence-electron chi connectivity index (χ0n) is 14.3. The van der Waals surface area contributed by atoms with Crippen molar-refractivity contribution in [1.82, 2.24) is 0 Å². The van der Waals surface area contributed by atoms with Crippen LogP contribution in [0.25, 0.3) is 0 Å². The van der Waals surface area contributed by atoms with E-state index in [0.29, 0.717) is 6.42 Å². The number of rotatable bonds is 15. The van der Waals surface area contributed by atoms with Crippen molar-refractivity contribution < 1.29 is 9.90 Å². The maximum Gasteiger partial charge on any atom is 0.303 e. The lowest BCUT2D eigenvalue weighted by molar-refractivity contribution is -0.137. The molecule has 0 aliphatic carbocycles. The van der Waals surface area contributed by atoms with Gasteiger partial charge in [-0.2, -0.15) is 0 Å². The third kappa shape index (κ3) is 17.2. The van der Waals surface area contributed by atoms with Gasteiger partial charge in [0.25, 0.3) is 0 Å². The van der Waals surface area contributed by atoms with Gasteiger partial charge in [0, 0.05) is 6.42 Å². The number of carboxylic acids is 1. The lowest BCUT2D eigenvalue weighted by Gasteiger charge is -2.10. The van der Waals surface area contributed by atoms with Crippen LogP contribution in [0, 0.1) is 5.92 Å². The van der Waals surface area contributed by atoms with Crippen LogP contribution < -0.4 is 0 Å². The van der Waals surface area contributed by atoms with E-state index in [1.165, 1.54) is 57.8 Å². The van der Waals surface area contributed by atoms with Crippen molar-refractivity contribution in [2.24, 2.45) is 5.92 Å². The molecule has 1 N–H and O–H groups in total. The van der Waals surface area contributed by atoms with Crippen molar-refractivity contribution in [2.45, 2.75) is 97.3 Å². The van der Waals surface area contributed by atoms with E-state index >= 15 is 0 Å². The Morgan fingerprint density at radius 1 is 0.905 bits per heavy atom. The van der Waals surface area contributed by atoms with E-state index in [2.05, 4.69) is 26.0 Å². The second-order valence-corrected chi connectivity index (χ2v) is 6.35. The molecule has 0 aromatic heterocycles. The molecule has 2 nitrogen and oxygen atoms in total. The topological polar surface area (TPSA) is 37.3 Å². The second kappa shape index (κ2) is 15.6. The lowest BCUT2D eigenvalue weighted by atomic mass is 9.96. The summed E-state index contributed by atoms with van der Waals surface area (Å²) < 4.78 is 0. The number of unbranched alkanes of at least 4 members (excludes halogenated alkanes) is 7. The highest BCUT2D eigenvalue weighted by molar-refractivity contribution is 5.66. The first-order valence-electron chi connectivity index (χ1n) is 9.03. The molecule has 1 atom stereocenters. The van der Waals surface area contributed by atoms with Crippen LogP contribution in [-0.2, 0) is 4.79 Å². The molecule has 0 aliphatic rings. The van der Waals surface area contributed by atoms with E-state index in [9.17, 15) is 4.79 Å². The first-order chi connectivity index (χ1) is 10.2. The summed E-state index contributed by atoms with van der Waals surface area (Å²) in [6.45, 7) is 4.67. The van der Waals surface area contributed by atoms with E-state index < -0.39 is 5.97 Å². The average molecular weight is 296 g/mol. The summed E-state index contributed by atoms with van der Waals surface area (Å²) in [5, 5.41) is 8.51. The third-order valence-electron chi connectivity index (χ3n) is 4.05. The molecule has 21 heavy (non-hydrogen) atoms. The standard InChI is InChI=1S/C19H36O2/c1-3-4-5-12-15-18(2)16-13-10-8-6-7-9-11-14-17-19(20)21/h7,9,18H,3-6,8,10-17H2,1-2H3,(H,20,21). The largest absolute Gasteiger partial charge is 0.481 e. The van der Waals surface area contributed by atoms with E-state index in [0.717, 1.165) is 25.2 Å². The zero-order valence-corrected chi connectivity index (χ0v) is 14.3. The highest BCUT2D eigenvalue weighted by Gasteiger charge is 2.01. The Labute approximate surface area is 132 Å². The molecule has 1 unspecified atom stereocenters. The first-order valence-corrected chi connectivity index (χ1v) is 9.03. The number of carbonyl (C=O) groups is 1. The molecule has 0 radical (unpaired) electrons. The van der Waals surface area contributed by atoms with Crippen molar-refractivity contribution in [3.8, 4) is 0 Å². The molecule has 0 aromatic rings. The highest BCUT2D eigenvalue weighted by Crippen LogP contribution is 2.17. The summed E-state index contributed by atoms with van der Waals surface area (Å²) in [7, 11) is 0. The van der Waals surface area contributed by atoms with E-state index in [-0.39, 0.29) is 0 Å². The first kappa shape index (κ1) is 20.2. The Balaban J connectivity index is 3.23. The van der Waals surface area contributed by atoms with Gasteiger partial charge in [0.1, 0.15) is 0 Å². The lowest BCUT2D eigenvalue weighted by Crippen LogP contribution is -1.95. The maximum absolute atomic E-state index is 10.3. The zero-order chi connectivity index (χ0) is 15.8. The molecule has 0 bridgehead atoms. The Kier molecular flexibility index (Phi) is 15.0. The summed E-state index contributed by atoms with van der Waals surface area (Å²) in [6.07, 6.45) is 19.8. The minimum absolute atomic E-state index is 0.292. The van der Waals surface area contributed by atoms with Crippen LogP contribution in [0.5, 0.6) is 0 Å². The number of aliphatic carboxylic acids is 1. The van der Waals surface area contributed by atoms with Gasteiger partial charge in [-0.3, -0.25) is 4.79 Å². The van der Waals surface area contributed by atoms with Crippen LogP contribution in [-0.4, -0.2) is 11.1 Å². The second-order valence-electron chi connectivity index (χ2n) is 6.35. The minimum atomic E-state index is -0.688. The molecule has 2 heteroatoms. The van der Waals surface area contributed by atoms with Crippen LogP contribution in [0.1, 0.15) is 97.3 Å². The van der Waals surface area contributed by atoms with Gasteiger partial charge >= 0.3 is 5.97 Å². The van der Waals surface area contributed by atoms with E-state index in [1.54, 1.807) is 0 Å². The number of allylic oxidation sites excluding steroid dienone is 2.